The second-order valence-corrected chi connectivity index (χ2v) is 7.96. The molecule has 0 aliphatic heterocycles. The number of nitrogen functional groups attached to an aromatic ring is 1. The van der Waals surface area contributed by atoms with Gasteiger partial charge in [-0.2, -0.15) is 0 Å². The van der Waals surface area contributed by atoms with Gasteiger partial charge in [-0.25, -0.2) is 9.97 Å². The summed E-state index contributed by atoms with van der Waals surface area (Å²) in [4.78, 5) is 12.9. The number of nitrogens with two attached hydrogens (primary N) is 1. The molecule has 2 heterocycles. The van der Waals surface area contributed by atoms with Crippen LogP contribution in [0.15, 0.2) is 47.9 Å². The summed E-state index contributed by atoms with van der Waals surface area (Å²) >= 11 is 1.59. The minimum Gasteiger partial charge on any atom is -0.455 e. The van der Waals surface area contributed by atoms with Crippen LogP contribution in [0.3, 0.4) is 0 Å². The van der Waals surface area contributed by atoms with Gasteiger partial charge in [0.2, 0.25) is 0 Å². The van der Waals surface area contributed by atoms with Crippen molar-refractivity contribution in [1.82, 2.24) is 20.3 Å². The molecular formula is C22H28N6O2S. The Labute approximate surface area is 187 Å². The molecule has 0 unspecified atom stereocenters. The number of rotatable bonds is 11. The molecule has 4 N–H and O–H groups in total. The molecule has 2 aromatic heterocycles. The van der Waals surface area contributed by atoms with Crippen LogP contribution in [0.4, 0.5) is 17.2 Å². The fraction of sp³-hybridized carbons (Fsp3) is 0.318. The van der Waals surface area contributed by atoms with Gasteiger partial charge < -0.3 is 25.8 Å². The van der Waals surface area contributed by atoms with E-state index in [9.17, 15) is 0 Å². The fourth-order valence-electron chi connectivity index (χ4n) is 2.73. The van der Waals surface area contributed by atoms with Crippen molar-refractivity contribution in [2.45, 2.75) is 18.9 Å². The van der Waals surface area contributed by atoms with E-state index in [-0.39, 0.29) is 0 Å². The van der Waals surface area contributed by atoms with Crippen molar-refractivity contribution in [2.24, 2.45) is 0 Å². The van der Waals surface area contributed by atoms with Crippen LogP contribution >= 0.6 is 11.8 Å². The Morgan fingerprint density at radius 1 is 1.06 bits per heavy atom. The molecule has 0 radical (unpaired) electrons. The smallest absolute Gasteiger partial charge is 0.158 e. The second kappa shape index (κ2) is 11.5. The Morgan fingerprint density at radius 2 is 1.94 bits per heavy atom. The lowest BCUT2D eigenvalue weighted by atomic mass is 10.2. The van der Waals surface area contributed by atoms with Gasteiger partial charge in [0.1, 0.15) is 28.5 Å². The maximum atomic E-state index is 6.30. The Kier molecular flexibility index (Phi) is 8.45. The lowest BCUT2D eigenvalue weighted by Gasteiger charge is -2.13. The first kappa shape index (κ1) is 22.8. The van der Waals surface area contributed by atoms with Crippen molar-refractivity contribution in [3.8, 4) is 11.5 Å². The van der Waals surface area contributed by atoms with Gasteiger partial charge in [-0.15, -0.1) is 11.8 Å². The van der Waals surface area contributed by atoms with Gasteiger partial charge in [-0.3, -0.25) is 4.98 Å². The third-order valence-corrected chi connectivity index (χ3v) is 5.40. The summed E-state index contributed by atoms with van der Waals surface area (Å²) in [5.41, 5.74) is 9.63. The number of benzene rings is 1. The van der Waals surface area contributed by atoms with Crippen LogP contribution in [0.1, 0.15) is 11.3 Å². The molecule has 0 amide bonds. The van der Waals surface area contributed by atoms with Gasteiger partial charge in [0.05, 0.1) is 12.8 Å². The molecule has 164 valence electrons. The molecule has 0 fully saturated rings. The molecule has 0 saturated heterocycles. The summed E-state index contributed by atoms with van der Waals surface area (Å²) < 4.78 is 11.0. The molecule has 0 aliphatic rings. The summed E-state index contributed by atoms with van der Waals surface area (Å²) in [6, 6.07) is 9.66. The van der Waals surface area contributed by atoms with Gasteiger partial charge >= 0.3 is 0 Å². The van der Waals surface area contributed by atoms with E-state index in [1.165, 1.54) is 6.33 Å². The number of ether oxygens (including phenoxy) is 2. The largest absolute Gasteiger partial charge is 0.455 e. The molecule has 9 heteroatoms. The van der Waals surface area contributed by atoms with Gasteiger partial charge in [0.25, 0.3) is 0 Å². The average Bonchev–Trinajstić information content (AvgIpc) is 2.76. The van der Waals surface area contributed by atoms with E-state index < -0.39 is 0 Å². The Morgan fingerprint density at radius 3 is 2.68 bits per heavy atom. The number of pyridine rings is 1. The first-order valence-corrected chi connectivity index (χ1v) is 11.0. The summed E-state index contributed by atoms with van der Waals surface area (Å²) in [7, 11) is 1.69. The standard InChI is InChI=1S/C22H28N6O2S/c1-15-12-17(5-7-19(15)30-18-6-4-16(2)25-13-18)28-21-20(23)22(27-14-26-21)31-11-9-24-8-10-29-3/h4-7,12-14,24H,8-11,23H2,1-3H3,(H,26,27,28). The molecular weight excluding hydrogens is 412 g/mol. The monoisotopic (exact) mass is 440 g/mol. The number of aromatic nitrogens is 3. The van der Waals surface area contributed by atoms with E-state index >= 15 is 0 Å². The van der Waals surface area contributed by atoms with Crippen molar-refractivity contribution < 1.29 is 9.47 Å². The Balaban J connectivity index is 1.61. The topological polar surface area (TPSA) is 107 Å². The van der Waals surface area contributed by atoms with E-state index in [0.717, 1.165) is 46.6 Å². The Bertz CT molecular complexity index is 984. The van der Waals surface area contributed by atoms with Gasteiger partial charge in [-0.05, 0) is 49.7 Å². The van der Waals surface area contributed by atoms with Crippen molar-refractivity contribution in [3.63, 3.8) is 0 Å². The minimum absolute atomic E-state index is 0.535. The normalized spacial score (nSPS) is 10.8. The predicted octanol–water partition coefficient (Wildman–Crippen LogP) is 3.93. The van der Waals surface area contributed by atoms with E-state index in [2.05, 4.69) is 25.6 Å². The maximum absolute atomic E-state index is 6.30. The predicted molar refractivity (Wildman–Crippen MR) is 125 cm³/mol. The van der Waals surface area contributed by atoms with Crippen LogP contribution in [0.25, 0.3) is 0 Å². The van der Waals surface area contributed by atoms with Gasteiger partial charge in [0, 0.05) is 37.3 Å². The van der Waals surface area contributed by atoms with Crippen LogP contribution in [0.5, 0.6) is 11.5 Å². The fourth-order valence-corrected chi connectivity index (χ4v) is 3.55. The first-order valence-electron chi connectivity index (χ1n) is 9.98. The summed E-state index contributed by atoms with van der Waals surface area (Å²) in [5.74, 6) is 2.90. The first-order chi connectivity index (χ1) is 15.1. The third kappa shape index (κ3) is 6.81. The highest BCUT2D eigenvalue weighted by atomic mass is 32.2. The molecule has 31 heavy (non-hydrogen) atoms. The number of hydrogen-bond acceptors (Lipinski definition) is 9. The van der Waals surface area contributed by atoms with Crippen molar-refractivity contribution in [2.75, 3.05) is 43.6 Å². The molecule has 0 aliphatic carbocycles. The number of aryl methyl sites for hydroxylation is 2. The highest BCUT2D eigenvalue weighted by Gasteiger charge is 2.10. The number of thioether (sulfide) groups is 1. The number of nitrogens with one attached hydrogen (secondary N) is 2. The highest BCUT2D eigenvalue weighted by Crippen LogP contribution is 2.31. The molecule has 0 bridgehead atoms. The zero-order valence-corrected chi connectivity index (χ0v) is 18.8. The van der Waals surface area contributed by atoms with Crippen molar-refractivity contribution in [1.29, 1.82) is 0 Å². The SMILES string of the molecule is COCCNCCSc1ncnc(Nc2ccc(Oc3ccc(C)nc3)c(C)c2)c1N. The zero-order valence-electron chi connectivity index (χ0n) is 18.0. The molecule has 0 saturated carbocycles. The van der Waals surface area contributed by atoms with Crippen molar-refractivity contribution in [3.05, 3.63) is 54.1 Å². The zero-order chi connectivity index (χ0) is 22.1. The van der Waals surface area contributed by atoms with Crippen molar-refractivity contribution >= 4 is 29.0 Å². The molecule has 0 spiro atoms. The lowest BCUT2D eigenvalue weighted by Crippen LogP contribution is -2.21. The number of methoxy groups -OCH3 is 1. The average molecular weight is 441 g/mol. The van der Waals surface area contributed by atoms with E-state index in [4.69, 9.17) is 15.2 Å². The summed E-state index contributed by atoms with van der Waals surface area (Å²) in [6.07, 6.45) is 3.24. The van der Waals surface area contributed by atoms with E-state index in [1.807, 2.05) is 44.2 Å². The number of hydrogen-bond donors (Lipinski definition) is 3. The van der Waals surface area contributed by atoms with Crippen LogP contribution in [0.2, 0.25) is 0 Å². The van der Waals surface area contributed by atoms with Crippen LogP contribution in [-0.2, 0) is 4.74 Å². The lowest BCUT2D eigenvalue weighted by molar-refractivity contribution is 0.200. The molecule has 0 atom stereocenters. The highest BCUT2D eigenvalue weighted by molar-refractivity contribution is 7.99. The van der Waals surface area contributed by atoms with Crippen LogP contribution in [-0.4, -0.2) is 47.5 Å². The third-order valence-electron chi connectivity index (χ3n) is 4.40. The second-order valence-electron chi connectivity index (χ2n) is 6.87. The van der Waals surface area contributed by atoms with Crippen LogP contribution < -0.4 is 21.1 Å². The molecule has 3 rings (SSSR count). The molecule has 8 nitrogen and oxygen atoms in total. The summed E-state index contributed by atoms with van der Waals surface area (Å²) in [5, 5.41) is 7.34. The summed E-state index contributed by atoms with van der Waals surface area (Å²) in [6.45, 7) is 6.29. The maximum Gasteiger partial charge on any atom is 0.158 e. The number of anilines is 3. The Hall–Kier alpha value is -2.88. The minimum atomic E-state index is 0.535. The number of nitrogens with zero attached hydrogens (tertiary/aromatic N) is 3. The molecule has 1 aromatic carbocycles. The van der Waals surface area contributed by atoms with E-state index in [1.54, 1.807) is 25.1 Å². The van der Waals surface area contributed by atoms with E-state index in [0.29, 0.717) is 23.9 Å². The van der Waals surface area contributed by atoms with Gasteiger partial charge in [0.15, 0.2) is 5.82 Å². The molecule has 3 aromatic rings. The van der Waals surface area contributed by atoms with Crippen LogP contribution in [0, 0.1) is 13.8 Å². The quantitative estimate of drug-likeness (QED) is 0.232. The van der Waals surface area contributed by atoms with Gasteiger partial charge in [-0.1, -0.05) is 0 Å².